The van der Waals surface area contributed by atoms with E-state index in [1.165, 1.54) is 0 Å². The molecule has 1 aromatic heterocycles. The molecule has 4 nitrogen and oxygen atoms in total. The number of aromatic nitrogens is 1. The zero-order valence-electron chi connectivity index (χ0n) is 7.83. The van der Waals surface area contributed by atoms with Gasteiger partial charge in [0.05, 0.1) is 17.9 Å². The fourth-order valence-electron chi connectivity index (χ4n) is 0.870. The first kappa shape index (κ1) is 11.1. The number of hydrogen-bond donors (Lipinski definition) is 2. The fraction of sp³-hybridized carbons (Fsp3) is 0.333. The first-order chi connectivity index (χ1) is 6.63. The molecule has 0 spiro atoms. The highest BCUT2D eigenvalue weighted by atomic mass is 79.9. The highest BCUT2D eigenvalue weighted by Gasteiger charge is 2.10. The number of hydrogen-bond acceptors (Lipinski definition) is 3. The van der Waals surface area contributed by atoms with Crippen LogP contribution in [0.15, 0.2) is 22.9 Å². The van der Waals surface area contributed by atoms with E-state index in [1.54, 1.807) is 18.3 Å². The predicted octanol–water partition coefficient (Wildman–Crippen LogP) is 1.52. The normalized spacial score (nSPS) is 12.2. The lowest BCUT2D eigenvalue weighted by Gasteiger charge is -2.09. The van der Waals surface area contributed by atoms with Gasteiger partial charge in [-0.25, -0.2) is 4.98 Å². The second kappa shape index (κ2) is 5.07. The van der Waals surface area contributed by atoms with E-state index in [0.29, 0.717) is 12.1 Å². The minimum atomic E-state index is -0.460. The van der Waals surface area contributed by atoms with Crippen LogP contribution in [0.2, 0.25) is 0 Å². The molecule has 0 aliphatic carbocycles. The smallest absolute Gasteiger partial charge is 0.241 e. The van der Waals surface area contributed by atoms with E-state index in [1.807, 2.05) is 6.92 Å². The molecular weight excluding hydrogens is 246 g/mol. The van der Waals surface area contributed by atoms with E-state index in [2.05, 4.69) is 26.2 Å². The third kappa shape index (κ3) is 3.08. The number of nitrogens with two attached hydrogens (primary N) is 1. The Labute approximate surface area is 91.0 Å². The lowest BCUT2D eigenvalue weighted by Crippen LogP contribution is -2.34. The zero-order chi connectivity index (χ0) is 10.6. The molecule has 0 saturated heterocycles. The number of rotatable bonds is 3. The Morgan fingerprint density at radius 3 is 2.93 bits per heavy atom. The van der Waals surface area contributed by atoms with Gasteiger partial charge in [0.25, 0.3) is 0 Å². The number of anilines is 1. The van der Waals surface area contributed by atoms with Gasteiger partial charge in [0, 0.05) is 0 Å². The summed E-state index contributed by atoms with van der Waals surface area (Å²) in [7, 11) is 0. The van der Waals surface area contributed by atoms with Gasteiger partial charge in [0.2, 0.25) is 5.91 Å². The van der Waals surface area contributed by atoms with Crippen LogP contribution in [-0.4, -0.2) is 16.9 Å². The van der Waals surface area contributed by atoms with Crippen LogP contribution < -0.4 is 11.1 Å². The first-order valence-corrected chi connectivity index (χ1v) is 5.10. The lowest BCUT2D eigenvalue weighted by molar-refractivity contribution is -0.117. The van der Waals surface area contributed by atoms with E-state index in [-0.39, 0.29) is 5.91 Å². The quantitative estimate of drug-likeness (QED) is 0.807. The Morgan fingerprint density at radius 2 is 2.43 bits per heavy atom. The van der Waals surface area contributed by atoms with Gasteiger partial charge in [-0.05, 0) is 34.5 Å². The number of nitrogens with one attached hydrogen (secondary N) is 1. The third-order valence-electron chi connectivity index (χ3n) is 1.77. The average Bonchev–Trinajstić information content (AvgIpc) is 2.20. The zero-order valence-corrected chi connectivity index (χ0v) is 9.41. The molecule has 1 aromatic rings. The SMILES string of the molecule is CC[C@@H](N)C(=O)Nc1ccc(Br)nc1. The topological polar surface area (TPSA) is 68.0 Å². The van der Waals surface area contributed by atoms with Crippen LogP contribution in [0.25, 0.3) is 0 Å². The van der Waals surface area contributed by atoms with Gasteiger partial charge >= 0.3 is 0 Å². The Kier molecular flexibility index (Phi) is 4.03. The highest BCUT2D eigenvalue weighted by molar-refractivity contribution is 9.10. The molecule has 1 atom stereocenters. The molecular formula is C9H12BrN3O. The summed E-state index contributed by atoms with van der Waals surface area (Å²) in [5.74, 6) is -0.184. The summed E-state index contributed by atoms with van der Waals surface area (Å²) >= 11 is 3.21. The highest BCUT2D eigenvalue weighted by Crippen LogP contribution is 2.10. The molecule has 0 unspecified atom stereocenters. The number of amides is 1. The number of nitrogens with zero attached hydrogens (tertiary/aromatic N) is 1. The molecule has 1 amide bonds. The van der Waals surface area contributed by atoms with E-state index in [9.17, 15) is 4.79 Å². The molecule has 0 aliphatic heterocycles. The summed E-state index contributed by atoms with van der Waals surface area (Å²) < 4.78 is 0.732. The van der Waals surface area contributed by atoms with Gasteiger partial charge in [-0.2, -0.15) is 0 Å². The van der Waals surface area contributed by atoms with Gasteiger partial charge in [-0.3, -0.25) is 4.79 Å². The fourth-order valence-corrected chi connectivity index (χ4v) is 1.10. The number of halogens is 1. The minimum Gasteiger partial charge on any atom is -0.323 e. The van der Waals surface area contributed by atoms with Crippen LogP contribution in [0.1, 0.15) is 13.3 Å². The molecule has 0 saturated carbocycles. The van der Waals surface area contributed by atoms with Crippen LogP contribution in [-0.2, 0) is 4.79 Å². The van der Waals surface area contributed by atoms with Crippen LogP contribution in [0.5, 0.6) is 0 Å². The van der Waals surface area contributed by atoms with Crippen molar-refractivity contribution in [3.8, 4) is 0 Å². The third-order valence-corrected chi connectivity index (χ3v) is 2.24. The first-order valence-electron chi connectivity index (χ1n) is 4.31. The van der Waals surface area contributed by atoms with E-state index in [0.717, 1.165) is 4.60 Å². The molecule has 0 aromatic carbocycles. The summed E-state index contributed by atoms with van der Waals surface area (Å²) in [6.07, 6.45) is 2.19. The number of carbonyl (C=O) groups is 1. The van der Waals surface area contributed by atoms with Crippen molar-refractivity contribution < 1.29 is 4.79 Å². The molecule has 0 radical (unpaired) electrons. The van der Waals surface area contributed by atoms with E-state index in [4.69, 9.17) is 5.73 Å². The van der Waals surface area contributed by atoms with Crippen molar-refractivity contribution in [1.82, 2.24) is 4.98 Å². The second-order valence-electron chi connectivity index (χ2n) is 2.87. The summed E-state index contributed by atoms with van der Waals surface area (Å²) in [5, 5.41) is 2.67. The maximum Gasteiger partial charge on any atom is 0.241 e. The standard InChI is InChI=1S/C9H12BrN3O/c1-2-7(11)9(14)13-6-3-4-8(10)12-5-6/h3-5,7H,2,11H2,1H3,(H,13,14)/t7-/m1/s1. The maximum absolute atomic E-state index is 11.4. The van der Waals surface area contributed by atoms with Crippen molar-refractivity contribution in [2.24, 2.45) is 5.73 Å². The molecule has 5 heteroatoms. The van der Waals surface area contributed by atoms with Gasteiger partial charge in [-0.15, -0.1) is 0 Å². The molecule has 1 heterocycles. The number of pyridine rings is 1. The van der Waals surface area contributed by atoms with Crippen molar-refractivity contribution >= 4 is 27.5 Å². The molecule has 0 bridgehead atoms. The van der Waals surface area contributed by atoms with Crippen molar-refractivity contribution in [2.75, 3.05) is 5.32 Å². The van der Waals surface area contributed by atoms with Crippen molar-refractivity contribution in [2.45, 2.75) is 19.4 Å². The Morgan fingerprint density at radius 1 is 1.71 bits per heavy atom. The van der Waals surface area contributed by atoms with Gasteiger partial charge in [0.1, 0.15) is 4.60 Å². The largest absolute Gasteiger partial charge is 0.323 e. The second-order valence-corrected chi connectivity index (χ2v) is 3.69. The van der Waals surface area contributed by atoms with Crippen molar-refractivity contribution in [1.29, 1.82) is 0 Å². The molecule has 0 fully saturated rings. The van der Waals surface area contributed by atoms with Crippen molar-refractivity contribution in [3.05, 3.63) is 22.9 Å². The van der Waals surface area contributed by atoms with Crippen LogP contribution >= 0.6 is 15.9 Å². The summed E-state index contributed by atoms with van der Waals surface area (Å²) in [6.45, 7) is 1.87. The number of carbonyl (C=O) groups excluding carboxylic acids is 1. The Balaban J connectivity index is 2.60. The molecule has 0 aliphatic rings. The average molecular weight is 258 g/mol. The summed E-state index contributed by atoms with van der Waals surface area (Å²) in [5.41, 5.74) is 6.21. The summed E-state index contributed by atoms with van der Waals surface area (Å²) in [4.78, 5) is 15.3. The lowest BCUT2D eigenvalue weighted by atomic mass is 10.2. The van der Waals surface area contributed by atoms with E-state index < -0.39 is 6.04 Å². The monoisotopic (exact) mass is 257 g/mol. The summed E-state index contributed by atoms with van der Waals surface area (Å²) in [6, 6.07) is 3.06. The Bertz CT molecular complexity index is 312. The molecule has 76 valence electrons. The predicted molar refractivity (Wildman–Crippen MR) is 58.8 cm³/mol. The van der Waals surface area contributed by atoms with Crippen molar-refractivity contribution in [3.63, 3.8) is 0 Å². The molecule has 14 heavy (non-hydrogen) atoms. The molecule has 3 N–H and O–H groups in total. The van der Waals surface area contributed by atoms with Gasteiger partial charge in [-0.1, -0.05) is 6.92 Å². The van der Waals surface area contributed by atoms with Crippen LogP contribution in [0.3, 0.4) is 0 Å². The van der Waals surface area contributed by atoms with Crippen LogP contribution in [0.4, 0.5) is 5.69 Å². The Hall–Kier alpha value is -0.940. The van der Waals surface area contributed by atoms with Crippen LogP contribution in [0, 0.1) is 0 Å². The minimum absolute atomic E-state index is 0.184. The van der Waals surface area contributed by atoms with Gasteiger partial charge in [0.15, 0.2) is 0 Å². The van der Waals surface area contributed by atoms with Gasteiger partial charge < -0.3 is 11.1 Å². The van der Waals surface area contributed by atoms with E-state index >= 15 is 0 Å². The maximum atomic E-state index is 11.4. The molecule has 1 rings (SSSR count).